The van der Waals surface area contributed by atoms with Gasteiger partial charge in [-0.05, 0) is 24.6 Å². The zero-order chi connectivity index (χ0) is 16.3. The number of aryl methyl sites for hydroxylation is 1. The second-order valence-corrected chi connectivity index (χ2v) is 7.10. The predicted molar refractivity (Wildman–Crippen MR) is 80.6 cm³/mol. The molecule has 3 N–H and O–H groups in total. The van der Waals surface area contributed by atoms with Crippen LogP contribution in [0.25, 0.3) is 0 Å². The number of carbonyl (C=O) groups is 1. The summed E-state index contributed by atoms with van der Waals surface area (Å²) in [4.78, 5) is 14.9. The molecule has 22 heavy (non-hydrogen) atoms. The van der Waals surface area contributed by atoms with Crippen molar-refractivity contribution in [3.63, 3.8) is 0 Å². The van der Waals surface area contributed by atoms with E-state index in [0.717, 1.165) is 29.6 Å². The van der Waals surface area contributed by atoms with Crippen molar-refractivity contribution in [1.29, 1.82) is 0 Å². The van der Waals surface area contributed by atoms with E-state index in [4.69, 9.17) is 5.11 Å². The zero-order valence-corrected chi connectivity index (χ0v) is 13.2. The van der Waals surface area contributed by atoms with Gasteiger partial charge in [0.05, 0.1) is 22.1 Å². The number of thiazole rings is 1. The topological polar surface area (TPSA) is 117 Å². The highest BCUT2D eigenvalue weighted by atomic mass is 32.2. The van der Waals surface area contributed by atoms with Gasteiger partial charge in [0.15, 0.2) is 0 Å². The number of hydrogen-bond acceptors (Lipinski definition) is 6. The SMILES string of the molecule is CCc1nc(CNS(=O)(=O)c2ccc(O)c(C(=O)O)c2)cs1. The fraction of sp³-hybridized carbons (Fsp3) is 0.231. The molecule has 0 aliphatic carbocycles. The quantitative estimate of drug-likeness (QED) is 0.734. The second-order valence-electron chi connectivity index (χ2n) is 4.39. The van der Waals surface area contributed by atoms with E-state index in [9.17, 15) is 18.3 Å². The summed E-state index contributed by atoms with van der Waals surface area (Å²) >= 11 is 1.45. The van der Waals surface area contributed by atoms with Crippen LogP contribution >= 0.6 is 11.3 Å². The van der Waals surface area contributed by atoms with Gasteiger partial charge in [0.1, 0.15) is 11.3 Å². The molecule has 2 rings (SSSR count). The molecule has 118 valence electrons. The lowest BCUT2D eigenvalue weighted by Crippen LogP contribution is -2.23. The molecule has 0 radical (unpaired) electrons. The molecule has 1 aromatic heterocycles. The molecule has 0 aliphatic rings. The van der Waals surface area contributed by atoms with Crippen molar-refractivity contribution >= 4 is 27.3 Å². The monoisotopic (exact) mass is 342 g/mol. The van der Waals surface area contributed by atoms with Gasteiger partial charge in [0.2, 0.25) is 10.0 Å². The van der Waals surface area contributed by atoms with E-state index >= 15 is 0 Å². The number of aromatic hydroxyl groups is 1. The van der Waals surface area contributed by atoms with E-state index in [1.54, 1.807) is 5.38 Å². The number of benzene rings is 1. The molecule has 1 heterocycles. The molecule has 0 atom stereocenters. The summed E-state index contributed by atoms with van der Waals surface area (Å²) in [7, 11) is -3.89. The van der Waals surface area contributed by atoms with Crippen LogP contribution in [0.4, 0.5) is 0 Å². The third-order valence-corrected chi connectivity index (χ3v) is 5.29. The molecule has 0 amide bonds. The smallest absolute Gasteiger partial charge is 0.339 e. The zero-order valence-electron chi connectivity index (χ0n) is 11.6. The normalized spacial score (nSPS) is 11.5. The molecule has 0 saturated carbocycles. The Hall–Kier alpha value is -1.97. The fourth-order valence-electron chi connectivity index (χ4n) is 1.70. The summed E-state index contributed by atoms with van der Waals surface area (Å²) in [6.07, 6.45) is 0.775. The molecule has 1 aromatic carbocycles. The van der Waals surface area contributed by atoms with Crippen LogP contribution in [0.5, 0.6) is 5.75 Å². The van der Waals surface area contributed by atoms with Gasteiger partial charge in [-0.1, -0.05) is 6.92 Å². The Morgan fingerprint density at radius 3 is 2.73 bits per heavy atom. The minimum atomic E-state index is -3.89. The van der Waals surface area contributed by atoms with Gasteiger partial charge >= 0.3 is 5.97 Å². The summed E-state index contributed by atoms with van der Waals surface area (Å²) in [6, 6.07) is 3.09. The summed E-state index contributed by atoms with van der Waals surface area (Å²) < 4.78 is 26.7. The standard InChI is InChI=1S/C13H14N2O5S2/c1-2-12-15-8(7-21-12)6-14-22(19,20)9-3-4-11(16)10(5-9)13(17)18/h3-5,7,14,16H,2,6H2,1H3,(H,17,18). The first-order valence-electron chi connectivity index (χ1n) is 6.32. The first-order valence-corrected chi connectivity index (χ1v) is 8.69. The molecule has 2 aromatic rings. The van der Waals surface area contributed by atoms with E-state index in [1.807, 2.05) is 6.92 Å². The van der Waals surface area contributed by atoms with Gasteiger partial charge in [0.25, 0.3) is 0 Å². The molecule has 0 bridgehead atoms. The Bertz CT molecular complexity index is 799. The summed E-state index contributed by atoms with van der Waals surface area (Å²) in [6.45, 7) is 1.97. The van der Waals surface area contributed by atoms with E-state index in [1.165, 1.54) is 11.3 Å². The van der Waals surface area contributed by atoms with Gasteiger partial charge in [-0.3, -0.25) is 0 Å². The van der Waals surface area contributed by atoms with Gasteiger partial charge in [-0.2, -0.15) is 0 Å². The summed E-state index contributed by atoms with van der Waals surface area (Å²) in [5, 5.41) is 21.0. The lowest BCUT2D eigenvalue weighted by atomic mass is 10.2. The highest BCUT2D eigenvalue weighted by Gasteiger charge is 2.19. The van der Waals surface area contributed by atoms with Crippen LogP contribution in [0, 0.1) is 0 Å². The Balaban J connectivity index is 2.19. The van der Waals surface area contributed by atoms with Crippen molar-refractivity contribution in [2.24, 2.45) is 0 Å². The maximum absolute atomic E-state index is 12.2. The van der Waals surface area contributed by atoms with E-state index in [0.29, 0.717) is 5.69 Å². The van der Waals surface area contributed by atoms with E-state index < -0.39 is 27.3 Å². The molecule has 0 fully saturated rings. The Morgan fingerprint density at radius 1 is 1.41 bits per heavy atom. The summed E-state index contributed by atoms with van der Waals surface area (Å²) in [5.41, 5.74) is 0.132. The maximum atomic E-state index is 12.2. The molecule has 0 spiro atoms. The molecule has 0 aliphatic heterocycles. The van der Waals surface area contributed by atoms with Crippen LogP contribution in [0.1, 0.15) is 28.0 Å². The van der Waals surface area contributed by atoms with Crippen molar-refractivity contribution in [3.8, 4) is 5.75 Å². The number of carboxylic acid groups (broad SMARTS) is 1. The second kappa shape index (κ2) is 6.42. The van der Waals surface area contributed by atoms with Crippen molar-refractivity contribution in [2.75, 3.05) is 0 Å². The number of aromatic nitrogens is 1. The Kier molecular flexibility index (Phi) is 4.79. The number of phenols is 1. The average molecular weight is 342 g/mol. The van der Waals surface area contributed by atoms with Gasteiger partial charge in [-0.25, -0.2) is 22.9 Å². The number of nitrogens with one attached hydrogen (secondary N) is 1. The Labute approximate surface area is 131 Å². The highest BCUT2D eigenvalue weighted by molar-refractivity contribution is 7.89. The van der Waals surface area contributed by atoms with Crippen LogP contribution in [0.3, 0.4) is 0 Å². The van der Waals surface area contributed by atoms with Crippen molar-refractivity contribution in [2.45, 2.75) is 24.8 Å². The van der Waals surface area contributed by atoms with Gasteiger partial charge < -0.3 is 10.2 Å². The Morgan fingerprint density at radius 2 is 2.14 bits per heavy atom. The third kappa shape index (κ3) is 3.62. The van der Waals surface area contributed by atoms with E-state index in [2.05, 4.69) is 9.71 Å². The van der Waals surface area contributed by atoms with Gasteiger partial charge in [-0.15, -0.1) is 11.3 Å². The number of aromatic carboxylic acids is 1. The molecule has 9 heteroatoms. The molecule has 0 unspecified atom stereocenters. The first kappa shape index (κ1) is 16.4. The molecule has 0 saturated heterocycles. The predicted octanol–water partition coefficient (Wildman–Crippen LogP) is 1.59. The van der Waals surface area contributed by atoms with Crippen LogP contribution in [0.2, 0.25) is 0 Å². The number of carboxylic acids is 1. The third-order valence-electron chi connectivity index (χ3n) is 2.85. The van der Waals surface area contributed by atoms with Crippen LogP contribution < -0.4 is 4.72 Å². The number of nitrogens with zero attached hydrogens (tertiary/aromatic N) is 1. The number of sulfonamides is 1. The highest BCUT2D eigenvalue weighted by Crippen LogP contribution is 2.21. The summed E-state index contributed by atoms with van der Waals surface area (Å²) in [5.74, 6) is -1.89. The van der Waals surface area contributed by atoms with Crippen molar-refractivity contribution in [3.05, 3.63) is 39.8 Å². The molecular weight excluding hydrogens is 328 g/mol. The molecule has 7 nitrogen and oxygen atoms in total. The number of rotatable bonds is 6. The van der Waals surface area contributed by atoms with Crippen LogP contribution in [-0.4, -0.2) is 29.6 Å². The lowest BCUT2D eigenvalue weighted by molar-refractivity contribution is 0.0693. The minimum absolute atomic E-state index is 0.0160. The van der Waals surface area contributed by atoms with Gasteiger partial charge in [0, 0.05) is 5.38 Å². The first-order chi connectivity index (χ1) is 10.3. The average Bonchev–Trinajstić information content (AvgIpc) is 2.93. The van der Waals surface area contributed by atoms with Crippen LogP contribution in [-0.2, 0) is 23.0 Å². The fourth-order valence-corrected chi connectivity index (χ4v) is 3.47. The van der Waals surface area contributed by atoms with Crippen LogP contribution in [0.15, 0.2) is 28.5 Å². The number of hydrogen-bond donors (Lipinski definition) is 3. The minimum Gasteiger partial charge on any atom is -0.507 e. The largest absolute Gasteiger partial charge is 0.507 e. The molecular formula is C13H14N2O5S2. The van der Waals surface area contributed by atoms with Crippen molar-refractivity contribution in [1.82, 2.24) is 9.71 Å². The van der Waals surface area contributed by atoms with E-state index in [-0.39, 0.29) is 11.4 Å². The maximum Gasteiger partial charge on any atom is 0.339 e. The van der Waals surface area contributed by atoms with Crippen molar-refractivity contribution < 1.29 is 23.4 Å². The lowest BCUT2D eigenvalue weighted by Gasteiger charge is -2.07.